The van der Waals surface area contributed by atoms with Crippen LogP contribution in [0.5, 0.6) is 0 Å². The molecule has 0 aromatic carbocycles. The van der Waals surface area contributed by atoms with Crippen molar-refractivity contribution in [3.05, 3.63) is 0 Å². The number of rotatable bonds is 4. The molecule has 1 aliphatic heterocycles. The fourth-order valence-electron chi connectivity index (χ4n) is 3.67. The molecule has 2 aliphatic rings. The van der Waals surface area contributed by atoms with E-state index in [2.05, 4.69) is 22.5 Å². The number of aliphatic imine (C=N–C) groups is 1. The van der Waals surface area contributed by atoms with Crippen molar-refractivity contribution >= 4 is 11.9 Å². The molecule has 2 N–H and O–H groups in total. The smallest absolute Gasteiger partial charge is 0.225 e. The first-order valence-electron chi connectivity index (χ1n) is 9.18. The third-order valence-electron chi connectivity index (χ3n) is 5.08. The van der Waals surface area contributed by atoms with Gasteiger partial charge in [0.05, 0.1) is 6.54 Å². The molecular formula is C18H34N4O. The third-order valence-corrected chi connectivity index (χ3v) is 5.08. The van der Waals surface area contributed by atoms with Crippen molar-refractivity contribution in [1.29, 1.82) is 0 Å². The molecule has 0 radical (unpaired) electrons. The number of nitrogens with one attached hydrogen (secondary N) is 2. The van der Waals surface area contributed by atoms with Gasteiger partial charge in [-0.25, -0.2) is 0 Å². The summed E-state index contributed by atoms with van der Waals surface area (Å²) in [5.74, 6) is 1.10. The van der Waals surface area contributed by atoms with Gasteiger partial charge in [-0.2, -0.15) is 0 Å². The van der Waals surface area contributed by atoms with Crippen LogP contribution in [0, 0.1) is 10.8 Å². The van der Waals surface area contributed by atoms with Crippen molar-refractivity contribution < 1.29 is 4.79 Å². The number of carbonyl (C=O) groups is 1. The second-order valence-electron chi connectivity index (χ2n) is 8.12. The lowest BCUT2D eigenvalue weighted by Gasteiger charge is -2.26. The minimum atomic E-state index is -0.335. The number of guanidine groups is 1. The summed E-state index contributed by atoms with van der Waals surface area (Å²) in [6.45, 7) is 12.3. The van der Waals surface area contributed by atoms with Crippen molar-refractivity contribution in [1.82, 2.24) is 15.5 Å². The fraction of sp³-hybridized carbons (Fsp3) is 0.889. The maximum atomic E-state index is 11.9. The van der Waals surface area contributed by atoms with Gasteiger partial charge in [-0.05, 0) is 31.6 Å². The standard InChI is InChI=1S/C18H34N4O/c1-5-19-16(21-12-11-20-15(23)17(2,3)4)22-13-10-18(14-22)8-6-7-9-18/h5-14H2,1-4H3,(H,19,21)(H,20,23). The van der Waals surface area contributed by atoms with E-state index < -0.39 is 0 Å². The van der Waals surface area contributed by atoms with Crippen LogP contribution in [0.15, 0.2) is 4.99 Å². The van der Waals surface area contributed by atoms with E-state index >= 15 is 0 Å². The van der Waals surface area contributed by atoms with Crippen LogP contribution in [0.25, 0.3) is 0 Å². The first kappa shape index (κ1) is 18.1. The van der Waals surface area contributed by atoms with E-state index in [0.29, 0.717) is 18.5 Å². The van der Waals surface area contributed by atoms with Crippen molar-refractivity contribution in [2.45, 2.75) is 59.8 Å². The van der Waals surface area contributed by atoms with Gasteiger partial charge in [-0.1, -0.05) is 33.6 Å². The Bertz CT molecular complexity index is 433. The van der Waals surface area contributed by atoms with Gasteiger partial charge in [0, 0.05) is 31.6 Å². The van der Waals surface area contributed by atoms with E-state index in [-0.39, 0.29) is 11.3 Å². The van der Waals surface area contributed by atoms with Crippen LogP contribution in [0.4, 0.5) is 0 Å². The van der Waals surface area contributed by atoms with Crippen LogP contribution in [-0.2, 0) is 4.79 Å². The number of carbonyl (C=O) groups excluding carboxylic acids is 1. The van der Waals surface area contributed by atoms with E-state index in [0.717, 1.165) is 25.6 Å². The highest BCUT2D eigenvalue weighted by Gasteiger charge is 2.41. The molecule has 1 saturated carbocycles. The third kappa shape index (κ3) is 4.85. The number of likely N-dealkylation sites (tertiary alicyclic amines) is 1. The summed E-state index contributed by atoms with van der Waals surface area (Å²) >= 11 is 0. The molecule has 23 heavy (non-hydrogen) atoms. The normalized spacial score (nSPS) is 21.0. The summed E-state index contributed by atoms with van der Waals surface area (Å²) in [6.07, 6.45) is 6.84. The zero-order valence-corrected chi connectivity index (χ0v) is 15.4. The molecular weight excluding hydrogens is 288 g/mol. The molecule has 0 unspecified atom stereocenters. The molecule has 0 aromatic heterocycles. The van der Waals surface area contributed by atoms with E-state index in [4.69, 9.17) is 4.99 Å². The van der Waals surface area contributed by atoms with Crippen LogP contribution in [0.3, 0.4) is 0 Å². The van der Waals surface area contributed by atoms with Gasteiger partial charge in [-0.15, -0.1) is 0 Å². The van der Waals surface area contributed by atoms with E-state index in [1.807, 2.05) is 20.8 Å². The van der Waals surface area contributed by atoms with E-state index in [9.17, 15) is 4.79 Å². The lowest BCUT2D eigenvalue weighted by atomic mass is 9.86. The number of nitrogens with zero attached hydrogens (tertiary/aromatic N) is 2. The number of amides is 1. The molecule has 5 nitrogen and oxygen atoms in total. The van der Waals surface area contributed by atoms with Gasteiger partial charge in [0.15, 0.2) is 5.96 Å². The van der Waals surface area contributed by atoms with Crippen LogP contribution >= 0.6 is 0 Å². The van der Waals surface area contributed by atoms with Crippen molar-refractivity contribution in [3.63, 3.8) is 0 Å². The van der Waals surface area contributed by atoms with Crippen molar-refractivity contribution in [2.75, 3.05) is 32.7 Å². The lowest BCUT2D eigenvalue weighted by Crippen LogP contribution is -2.42. The van der Waals surface area contributed by atoms with Crippen LogP contribution < -0.4 is 10.6 Å². The molecule has 0 atom stereocenters. The Morgan fingerprint density at radius 2 is 1.87 bits per heavy atom. The minimum absolute atomic E-state index is 0.0868. The predicted molar refractivity (Wildman–Crippen MR) is 95.5 cm³/mol. The first-order valence-corrected chi connectivity index (χ1v) is 9.18. The Kier molecular flexibility index (Phi) is 5.93. The monoisotopic (exact) mass is 322 g/mol. The second kappa shape index (κ2) is 7.54. The van der Waals surface area contributed by atoms with Gasteiger partial charge in [0.25, 0.3) is 0 Å². The highest BCUT2D eigenvalue weighted by molar-refractivity contribution is 5.81. The summed E-state index contributed by atoms with van der Waals surface area (Å²) < 4.78 is 0. The molecule has 2 rings (SSSR count). The number of hydrogen-bond acceptors (Lipinski definition) is 2. The van der Waals surface area contributed by atoms with Gasteiger partial charge in [0.1, 0.15) is 0 Å². The van der Waals surface area contributed by atoms with Gasteiger partial charge in [-0.3, -0.25) is 9.79 Å². The first-order chi connectivity index (χ1) is 10.9. The molecule has 132 valence electrons. The van der Waals surface area contributed by atoms with E-state index in [1.54, 1.807) is 0 Å². The van der Waals surface area contributed by atoms with Gasteiger partial charge < -0.3 is 15.5 Å². The Labute approximate surface area is 141 Å². The number of hydrogen-bond donors (Lipinski definition) is 2. The summed E-state index contributed by atoms with van der Waals surface area (Å²) in [7, 11) is 0. The molecule has 1 spiro atoms. The fourth-order valence-corrected chi connectivity index (χ4v) is 3.67. The van der Waals surface area contributed by atoms with Gasteiger partial charge in [0.2, 0.25) is 5.91 Å². The molecule has 2 fully saturated rings. The lowest BCUT2D eigenvalue weighted by molar-refractivity contribution is -0.128. The molecule has 5 heteroatoms. The average Bonchev–Trinajstić information content (AvgIpc) is 3.12. The predicted octanol–water partition coefficient (Wildman–Crippen LogP) is 2.38. The minimum Gasteiger partial charge on any atom is -0.357 e. The van der Waals surface area contributed by atoms with Crippen LogP contribution in [-0.4, -0.2) is 49.5 Å². The molecule has 1 heterocycles. The Morgan fingerprint density at radius 3 is 2.48 bits per heavy atom. The van der Waals surface area contributed by atoms with Crippen molar-refractivity contribution in [3.8, 4) is 0 Å². The molecule has 1 aliphatic carbocycles. The average molecular weight is 322 g/mol. The zero-order valence-electron chi connectivity index (χ0n) is 15.4. The van der Waals surface area contributed by atoms with Crippen molar-refractivity contribution in [2.24, 2.45) is 15.8 Å². The SMILES string of the molecule is CCNC(=NCCNC(=O)C(C)(C)C)N1CCC2(CCCC2)C1. The van der Waals surface area contributed by atoms with E-state index in [1.165, 1.54) is 32.1 Å². The summed E-state index contributed by atoms with van der Waals surface area (Å²) in [4.78, 5) is 19.0. The summed E-state index contributed by atoms with van der Waals surface area (Å²) in [5, 5.41) is 6.38. The zero-order chi connectivity index (χ0) is 16.9. The molecule has 1 amide bonds. The topological polar surface area (TPSA) is 56.7 Å². The molecule has 0 bridgehead atoms. The second-order valence-corrected chi connectivity index (χ2v) is 8.12. The molecule has 0 aromatic rings. The maximum Gasteiger partial charge on any atom is 0.225 e. The Morgan fingerprint density at radius 1 is 1.17 bits per heavy atom. The van der Waals surface area contributed by atoms with Crippen LogP contribution in [0.2, 0.25) is 0 Å². The molecule has 1 saturated heterocycles. The summed E-state index contributed by atoms with van der Waals surface area (Å²) in [6, 6.07) is 0. The summed E-state index contributed by atoms with van der Waals surface area (Å²) in [5.41, 5.74) is 0.217. The van der Waals surface area contributed by atoms with Crippen LogP contribution in [0.1, 0.15) is 59.8 Å². The Hall–Kier alpha value is -1.26. The maximum absolute atomic E-state index is 11.9. The van der Waals surface area contributed by atoms with Gasteiger partial charge >= 0.3 is 0 Å². The Balaban J connectivity index is 1.84. The quantitative estimate of drug-likeness (QED) is 0.475. The highest BCUT2D eigenvalue weighted by Crippen LogP contribution is 2.45. The highest BCUT2D eigenvalue weighted by atomic mass is 16.2. The largest absolute Gasteiger partial charge is 0.357 e.